The van der Waals surface area contributed by atoms with Crippen LogP contribution in [-0.4, -0.2) is 66.6 Å². The van der Waals surface area contributed by atoms with Crippen LogP contribution in [0.4, 0.5) is 0 Å². The summed E-state index contributed by atoms with van der Waals surface area (Å²) in [6.45, 7) is 4.53. The number of nitrogens with zero attached hydrogens (tertiary/aromatic N) is 1. The van der Waals surface area contributed by atoms with Crippen molar-refractivity contribution in [3.05, 3.63) is 33.8 Å². The Morgan fingerprint density at radius 3 is 2.86 bits per heavy atom. The van der Waals surface area contributed by atoms with E-state index in [-0.39, 0.29) is 30.8 Å². The van der Waals surface area contributed by atoms with E-state index in [9.17, 15) is 9.90 Å². The number of amides is 1. The standard InChI is InChI=1S/C21H30Cl2N2O4/c1-2-7-24-21(27)9-16-4-6-19-20(29-16)13-28-12-15(26)11-25(19)10-14-3-5-17(22)18(23)8-14/h3,5,8,15-16,19-20,26H,2,4,6-7,9-13H2,1H3,(H,24,27)/t15-,16+,19-,20+/m0/s1. The molecule has 0 spiro atoms. The van der Waals surface area contributed by atoms with Gasteiger partial charge in [0.15, 0.2) is 0 Å². The molecule has 2 aliphatic heterocycles. The molecule has 0 aliphatic carbocycles. The number of β-amino-alcohol motifs (C(OH)–C–C–N with tert-alkyl or cyclic N) is 1. The molecule has 3 rings (SSSR count). The third-order valence-corrected chi connectivity index (χ3v) is 6.18. The van der Waals surface area contributed by atoms with E-state index < -0.39 is 6.10 Å². The Bertz CT molecular complexity index is 691. The summed E-state index contributed by atoms with van der Waals surface area (Å²) in [5, 5.41) is 14.3. The molecule has 2 N–H and O–H groups in total. The monoisotopic (exact) mass is 444 g/mol. The highest BCUT2D eigenvalue weighted by molar-refractivity contribution is 6.42. The maximum absolute atomic E-state index is 12.1. The fourth-order valence-electron chi connectivity index (χ4n) is 4.04. The fourth-order valence-corrected chi connectivity index (χ4v) is 4.36. The smallest absolute Gasteiger partial charge is 0.222 e. The van der Waals surface area contributed by atoms with Crippen LogP contribution in [0.5, 0.6) is 0 Å². The highest BCUT2D eigenvalue weighted by atomic mass is 35.5. The molecule has 162 valence electrons. The van der Waals surface area contributed by atoms with Crippen molar-refractivity contribution >= 4 is 29.1 Å². The van der Waals surface area contributed by atoms with Crippen molar-refractivity contribution < 1.29 is 19.4 Å². The van der Waals surface area contributed by atoms with Gasteiger partial charge in [-0.3, -0.25) is 9.69 Å². The van der Waals surface area contributed by atoms with Crippen LogP contribution < -0.4 is 5.32 Å². The lowest BCUT2D eigenvalue weighted by Gasteiger charge is -2.44. The number of aliphatic hydroxyl groups excluding tert-OH is 1. The molecule has 8 heteroatoms. The minimum atomic E-state index is -0.559. The van der Waals surface area contributed by atoms with Crippen LogP contribution in [0.15, 0.2) is 18.2 Å². The molecule has 0 aromatic heterocycles. The van der Waals surface area contributed by atoms with Gasteiger partial charge in [0.1, 0.15) is 0 Å². The topological polar surface area (TPSA) is 71.0 Å². The number of rotatable bonds is 6. The minimum absolute atomic E-state index is 0.0325. The molecule has 1 aromatic carbocycles. The van der Waals surface area contributed by atoms with Crippen LogP contribution in [0.2, 0.25) is 10.0 Å². The number of hydrogen-bond acceptors (Lipinski definition) is 5. The first-order valence-corrected chi connectivity index (χ1v) is 11.1. The largest absolute Gasteiger partial charge is 0.389 e. The van der Waals surface area contributed by atoms with Crippen molar-refractivity contribution in [2.75, 3.05) is 26.3 Å². The number of fused-ring (bicyclic) bond motifs is 1. The summed E-state index contributed by atoms with van der Waals surface area (Å²) in [6.07, 6.45) is 2.18. The van der Waals surface area contributed by atoms with Crippen molar-refractivity contribution in [2.45, 2.75) is 63.5 Å². The quantitative estimate of drug-likeness (QED) is 0.705. The highest BCUT2D eigenvalue weighted by Crippen LogP contribution is 2.30. The first-order chi connectivity index (χ1) is 14.0. The predicted octanol–water partition coefficient (Wildman–Crippen LogP) is 3.02. The maximum atomic E-state index is 12.1. The molecule has 2 saturated heterocycles. The summed E-state index contributed by atoms with van der Waals surface area (Å²) in [5.74, 6) is 0.0325. The lowest BCUT2D eigenvalue weighted by atomic mass is 9.94. The normalized spacial score (nSPS) is 28.3. The Morgan fingerprint density at radius 2 is 2.10 bits per heavy atom. The van der Waals surface area contributed by atoms with E-state index in [0.717, 1.165) is 24.8 Å². The maximum Gasteiger partial charge on any atom is 0.222 e. The van der Waals surface area contributed by atoms with Crippen molar-refractivity contribution in [3.63, 3.8) is 0 Å². The number of ether oxygens (including phenoxy) is 2. The zero-order chi connectivity index (χ0) is 20.8. The SMILES string of the molecule is CCCNC(=O)C[C@H]1CC[C@H]2[C@@H](COC[C@@H](O)CN2Cc2ccc(Cl)c(Cl)c2)O1. The average molecular weight is 445 g/mol. The second-order valence-electron chi connectivity index (χ2n) is 7.86. The first-order valence-electron chi connectivity index (χ1n) is 10.3. The van der Waals surface area contributed by atoms with Gasteiger partial charge in [-0.05, 0) is 37.0 Å². The molecule has 6 nitrogen and oxygen atoms in total. The zero-order valence-electron chi connectivity index (χ0n) is 16.8. The van der Waals surface area contributed by atoms with Gasteiger partial charge in [0, 0.05) is 25.7 Å². The van der Waals surface area contributed by atoms with E-state index >= 15 is 0 Å². The van der Waals surface area contributed by atoms with Crippen molar-refractivity contribution in [2.24, 2.45) is 0 Å². The minimum Gasteiger partial charge on any atom is -0.389 e. The number of hydrogen-bond donors (Lipinski definition) is 2. The molecule has 2 fully saturated rings. The average Bonchev–Trinajstić information content (AvgIpc) is 2.68. The van der Waals surface area contributed by atoms with E-state index in [1.165, 1.54) is 0 Å². The number of aliphatic hydroxyl groups is 1. The summed E-state index contributed by atoms with van der Waals surface area (Å²) in [6, 6.07) is 5.72. The van der Waals surface area contributed by atoms with Crippen LogP contribution in [0.25, 0.3) is 0 Å². The Labute approximate surface area is 182 Å². The van der Waals surface area contributed by atoms with Gasteiger partial charge in [-0.15, -0.1) is 0 Å². The number of halogens is 2. The molecule has 29 heavy (non-hydrogen) atoms. The molecule has 4 atom stereocenters. The Balaban J connectivity index is 1.67. The second kappa shape index (κ2) is 10.9. The van der Waals surface area contributed by atoms with Gasteiger partial charge in [-0.2, -0.15) is 0 Å². The van der Waals surface area contributed by atoms with E-state index in [2.05, 4.69) is 10.2 Å². The molecule has 2 heterocycles. The summed E-state index contributed by atoms with van der Waals surface area (Å²) in [7, 11) is 0. The third kappa shape index (κ3) is 6.54. The third-order valence-electron chi connectivity index (χ3n) is 5.44. The summed E-state index contributed by atoms with van der Waals surface area (Å²) in [5.41, 5.74) is 1.04. The van der Waals surface area contributed by atoms with Gasteiger partial charge in [-0.1, -0.05) is 36.2 Å². The van der Waals surface area contributed by atoms with Gasteiger partial charge in [0.25, 0.3) is 0 Å². The number of carbonyl (C=O) groups is 1. The molecule has 0 unspecified atom stereocenters. The van der Waals surface area contributed by atoms with Crippen LogP contribution in [0.1, 0.15) is 38.2 Å². The first kappa shape index (κ1) is 22.8. The molecular weight excluding hydrogens is 415 g/mol. The highest BCUT2D eigenvalue weighted by Gasteiger charge is 2.38. The molecule has 1 aromatic rings. The number of benzene rings is 1. The summed E-state index contributed by atoms with van der Waals surface area (Å²) >= 11 is 12.2. The fraction of sp³-hybridized carbons (Fsp3) is 0.667. The van der Waals surface area contributed by atoms with Gasteiger partial charge < -0.3 is 19.9 Å². The van der Waals surface area contributed by atoms with Gasteiger partial charge in [0.2, 0.25) is 5.91 Å². The lowest BCUT2D eigenvalue weighted by Crippen LogP contribution is -2.55. The van der Waals surface area contributed by atoms with Crippen LogP contribution >= 0.6 is 23.2 Å². The Kier molecular flexibility index (Phi) is 8.59. The van der Waals surface area contributed by atoms with Crippen molar-refractivity contribution in [1.82, 2.24) is 10.2 Å². The van der Waals surface area contributed by atoms with Crippen LogP contribution in [-0.2, 0) is 20.8 Å². The van der Waals surface area contributed by atoms with Crippen LogP contribution in [0, 0.1) is 0 Å². The van der Waals surface area contributed by atoms with E-state index in [0.29, 0.717) is 42.7 Å². The molecule has 1 amide bonds. The predicted molar refractivity (Wildman–Crippen MR) is 113 cm³/mol. The van der Waals surface area contributed by atoms with Gasteiger partial charge >= 0.3 is 0 Å². The summed E-state index contributed by atoms with van der Waals surface area (Å²) in [4.78, 5) is 14.3. The van der Waals surface area contributed by atoms with E-state index in [1.807, 2.05) is 19.1 Å². The van der Waals surface area contributed by atoms with Gasteiger partial charge in [-0.25, -0.2) is 0 Å². The molecular formula is C21H30Cl2N2O4. The zero-order valence-corrected chi connectivity index (χ0v) is 18.3. The van der Waals surface area contributed by atoms with Crippen LogP contribution in [0.3, 0.4) is 0 Å². The van der Waals surface area contributed by atoms with Gasteiger partial charge in [0.05, 0.1) is 48.0 Å². The van der Waals surface area contributed by atoms with Crippen molar-refractivity contribution in [3.8, 4) is 0 Å². The van der Waals surface area contributed by atoms with E-state index in [4.69, 9.17) is 32.7 Å². The molecule has 0 saturated carbocycles. The lowest BCUT2D eigenvalue weighted by molar-refractivity contribution is -0.158. The molecule has 0 bridgehead atoms. The molecule has 2 aliphatic rings. The van der Waals surface area contributed by atoms with Crippen molar-refractivity contribution in [1.29, 1.82) is 0 Å². The Morgan fingerprint density at radius 1 is 1.28 bits per heavy atom. The second-order valence-corrected chi connectivity index (χ2v) is 8.68. The van der Waals surface area contributed by atoms with E-state index in [1.54, 1.807) is 6.07 Å². The summed E-state index contributed by atoms with van der Waals surface area (Å²) < 4.78 is 11.9. The number of nitrogens with one attached hydrogen (secondary N) is 1. The number of carbonyl (C=O) groups excluding carboxylic acids is 1. The Hall–Kier alpha value is -0.890. The molecule has 0 radical (unpaired) electrons.